The van der Waals surface area contributed by atoms with Crippen LogP contribution in [0.3, 0.4) is 0 Å². The van der Waals surface area contributed by atoms with Crippen molar-refractivity contribution in [2.45, 2.75) is 5.41 Å². The minimum absolute atomic E-state index is 0.374. The van der Waals surface area contributed by atoms with Crippen molar-refractivity contribution < 1.29 is 4.74 Å². The van der Waals surface area contributed by atoms with Gasteiger partial charge in [0.15, 0.2) is 0 Å². The molecule has 1 nitrogen and oxygen atoms in total. The summed E-state index contributed by atoms with van der Waals surface area (Å²) in [5.41, 5.74) is 7.27. The Morgan fingerprint density at radius 2 is 1.21 bits per heavy atom. The molecule has 0 atom stereocenters. The van der Waals surface area contributed by atoms with Crippen LogP contribution in [0.2, 0.25) is 0 Å². The molecule has 0 saturated carbocycles. The highest BCUT2D eigenvalue weighted by Gasteiger charge is 2.51. The van der Waals surface area contributed by atoms with E-state index in [0.29, 0.717) is 0 Å². The van der Waals surface area contributed by atoms with Gasteiger partial charge in [-0.25, -0.2) is 0 Å². The lowest BCUT2D eigenvalue weighted by Crippen LogP contribution is -2.32. The van der Waals surface area contributed by atoms with Crippen LogP contribution in [0.5, 0.6) is 11.5 Å². The smallest absolute Gasteiger partial charge is 0.132 e. The van der Waals surface area contributed by atoms with Gasteiger partial charge in [-0.15, -0.1) is 0 Å². The zero-order valence-electron chi connectivity index (χ0n) is 14.7. The normalized spacial score (nSPS) is 14.6. The zero-order valence-corrected chi connectivity index (χ0v) is 18.5. The molecule has 1 heterocycles. The van der Waals surface area contributed by atoms with E-state index in [1.807, 2.05) is 0 Å². The van der Waals surface area contributed by atoms with Crippen molar-refractivity contribution in [3.05, 3.63) is 115 Å². The molecule has 2 aliphatic rings. The van der Waals surface area contributed by atoms with E-state index >= 15 is 0 Å². The molecule has 0 radical (unpaired) electrons. The molecular formula is C25H14BrIO. The molecule has 1 spiro atoms. The first-order chi connectivity index (χ1) is 13.7. The monoisotopic (exact) mass is 536 g/mol. The van der Waals surface area contributed by atoms with Crippen LogP contribution in [-0.2, 0) is 5.41 Å². The molecule has 6 rings (SSSR count). The summed E-state index contributed by atoms with van der Waals surface area (Å²) in [5, 5.41) is 0. The maximum atomic E-state index is 6.38. The summed E-state index contributed by atoms with van der Waals surface area (Å²) in [4.78, 5) is 0. The fourth-order valence-electron chi connectivity index (χ4n) is 4.85. The SMILES string of the molecule is Brc1ccc2c(c1)C1(c3cc(I)ccc3O2)c2ccccc2-c2ccccc21. The number of benzene rings is 4. The second kappa shape index (κ2) is 5.94. The molecular weight excluding hydrogens is 523 g/mol. The highest BCUT2D eigenvalue weighted by Crippen LogP contribution is 2.62. The number of hydrogen-bond acceptors (Lipinski definition) is 1. The van der Waals surface area contributed by atoms with Crippen LogP contribution in [0, 0.1) is 3.57 Å². The second-order valence-electron chi connectivity index (χ2n) is 7.22. The molecule has 0 aromatic heterocycles. The van der Waals surface area contributed by atoms with Crippen LogP contribution >= 0.6 is 38.5 Å². The number of rotatable bonds is 0. The minimum Gasteiger partial charge on any atom is -0.457 e. The molecule has 4 aromatic rings. The lowest BCUT2D eigenvalue weighted by atomic mass is 9.66. The van der Waals surface area contributed by atoms with Gasteiger partial charge in [-0.2, -0.15) is 0 Å². The van der Waals surface area contributed by atoms with Gasteiger partial charge < -0.3 is 4.74 Å². The van der Waals surface area contributed by atoms with Crippen LogP contribution in [0.15, 0.2) is 89.4 Å². The predicted molar refractivity (Wildman–Crippen MR) is 124 cm³/mol. The largest absolute Gasteiger partial charge is 0.457 e. The second-order valence-corrected chi connectivity index (χ2v) is 9.39. The Labute approximate surface area is 185 Å². The average Bonchev–Trinajstić information content (AvgIpc) is 3.01. The van der Waals surface area contributed by atoms with Crippen LogP contribution in [-0.4, -0.2) is 0 Å². The first kappa shape index (κ1) is 16.8. The van der Waals surface area contributed by atoms with Gasteiger partial charge in [-0.3, -0.25) is 0 Å². The van der Waals surface area contributed by atoms with Crippen LogP contribution in [0.4, 0.5) is 0 Å². The molecule has 0 fully saturated rings. The lowest BCUT2D eigenvalue weighted by Gasteiger charge is -2.39. The molecule has 4 aromatic carbocycles. The molecule has 3 heteroatoms. The third-order valence-corrected chi connectivity index (χ3v) is 7.03. The number of fused-ring (bicyclic) bond motifs is 9. The van der Waals surface area contributed by atoms with Gasteiger partial charge in [0.25, 0.3) is 0 Å². The van der Waals surface area contributed by atoms with E-state index in [1.54, 1.807) is 0 Å². The summed E-state index contributed by atoms with van der Waals surface area (Å²) < 4.78 is 8.65. The molecule has 1 aliphatic heterocycles. The van der Waals surface area contributed by atoms with E-state index in [1.165, 1.54) is 37.0 Å². The highest BCUT2D eigenvalue weighted by atomic mass is 127. The van der Waals surface area contributed by atoms with E-state index < -0.39 is 0 Å². The summed E-state index contributed by atoms with van der Waals surface area (Å²) >= 11 is 6.09. The van der Waals surface area contributed by atoms with Crippen LogP contribution in [0.1, 0.15) is 22.3 Å². The Morgan fingerprint density at radius 1 is 0.643 bits per heavy atom. The maximum Gasteiger partial charge on any atom is 0.132 e. The Kier molecular flexibility index (Phi) is 3.57. The molecule has 134 valence electrons. The fourth-order valence-corrected chi connectivity index (χ4v) is 5.70. The van der Waals surface area contributed by atoms with Crippen molar-refractivity contribution >= 4 is 38.5 Å². The molecule has 1 aliphatic carbocycles. The van der Waals surface area contributed by atoms with Crippen LogP contribution in [0.25, 0.3) is 11.1 Å². The van der Waals surface area contributed by atoms with Crippen LogP contribution < -0.4 is 4.74 Å². The molecule has 0 unspecified atom stereocenters. The topological polar surface area (TPSA) is 9.23 Å². The number of ether oxygens (including phenoxy) is 1. The predicted octanol–water partition coefficient (Wildman–Crippen LogP) is 7.52. The van der Waals surface area contributed by atoms with Crippen molar-refractivity contribution in [1.29, 1.82) is 0 Å². The van der Waals surface area contributed by atoms with E-state index in [2.05, 4.69) is 123 Å². The Morgan fingerprint density at radius 3 is 1.89 bits per heavy atom. The van der Waals surface area contributed by atoms with Gasteiger partial charge in [0.05, 0.1) is 5.41 Å². The zero-order chi connectivity index (χ0) is 18.9. The van der Waals surface area contributed by atoms with Crippen molar-refractivity contribution in [3.8, 4) is 22.6 Å². The summed E-state index contributed by atoms with van der Waals surface area (Å²) in [6.45, 7) is 0. The van der Waals surface area contributed by atoms with Crippen molar-refractivity contribution in [1.82, 2.24) is 0 Å². The van der Waals surface area contributed by atoms with Gasteiger partial charge in [0.2, 0.25) is 0 Å². The summed E-state index contributed by atoms with van der Waals surface area (Å²) in [5.74, 6) is 1.85. The average molecular weight is 537 g/mol. The fraction of sp³-hybridized carbons (Fsp3) is 0.0400. The first-order valence-corrected chi connectivity index (χ1v) is 11.0. The van der Waals surface area contributed by atoms with Gasteiger partial charge in [0.1, 0.15) is 11.5 Å². The Balaban J connectivity index is 1.86. The highest BCUT2D eigenvalue weighted by molar-refractivity contribution is 14.1. The van der Waals surface area contributed by atoms with E-state index in [0.717, 1.165) is 16.0 Å². The van der Waals surface area contributed by atoms with E-state index in [9.17, 15) is 0 Å². The standard InChI is InChI=1S/C25H14BrIO/c26-15-9-11-23-21(13-15)25(22-14-16(27)10-12-24(22)28-23)19-7-3-1-5-17(19)18-6-2-4-8-20(18)25/h1-14H. The molecule has 28 heavy (non-hydrogen) atoms. The van der Waals surface area contributed by atoms with Crippen molar-refractivity contribution in [2.75, 3.05) is 0 Å². The molecule has 0 bridgehead atoms. The maximum absolute atomic E-state index is 6.38. The number of halogens is 2. The molecule has 0 N–H and O–H groups in total. The van der Waals surface area contributed by atoms with Crippen molar-refractivity contribution in [3.63, 3.8) is 0 Å². The van der Waals surface area contributed by atoms with E-state index in [-0.39, 0.29) is 5.41 Å². The van der Waals surface area contributed by atoms with Crippen molar-refractivity contribution in [2.24, 2.45) is 0 Å². The number of hydrogen-bond donors (Lipinski definition) is 0. The quantitative estimate of drug-likeness (QED) is 0.182. The first-order valence-electron chi connectivity index (χ1n) is 9.17. The Hall–Kier alpha value is -2.11. The lowest BCUT2D eigenvalue weighted by molar-refractivity contribution is 0.436. The summed E-state index contributed by atoms with van der Waals surface area (Å²) in [6, 6.07) is 30.4. The summed E-state index contributed by atoms with van der Waals surface area (Å²) in [7, 11) is 0. The van der Waals surface area contributed by atoms with Gasteiger partial charge >= 0.3 is 0 Å². The molecule has 0 saturated heterocycles. The van der Waals surface area contributed by atoms with Gasteiger partial charge in [-0.1, -0.05) is 64.5 Å². The third kappa shape index (κ3) is 2.06. The van der Waals surface area contributed by atoms with Gasteiger partial charge in [0, 0.05) is 19.2 Å². The third-order valence-electron chi connectivity index (χ3n) is 5.86. The van der Waals surface area contributed by atoms with Gasteiger partial charge in [-0.05, 0) is 81.2 Å². The summed E-state index contributed by atoms with van der Waals surface area (Å²) in [6.07, 6.45) is 0. The molecule has 0 amide bonds. The minimum atomic E-state index is -0.374. The van der Waals surface area contributed by atoms with E-state index in [4.69, 9.17) is 4.74 Å². The Bertz CT molecular complexity index is 1180.